The van der Waals surface area contributed by atoms with Crippen molar-refractivity contribution in [3.05, 3.63) is 11.4 Å². The molecule has 3 heteroatoms. The van der Waals surface area contributed by atoms with Crippen LogP contribution in [-0.2, 0) is 12.8 Å². The van der Waals surface area contributed by atoms with Gasteiger partial charge in [0.1, 0.15) is 8.51 Å². The number of hydrogen-bond acceptors (Lipinski definition) is 1. The lowest BCUT2D eigenvalue weighted by atomic mass is 10.2. The van der Waals surface area contributed by atoms with Crippen molar-refractivity contribution in [3.63, 3.8) is 0 Å². The van der Waals surface area contributed by atoms with Gasteiger partial charge in [0.15, 0.2) is 0 Å². The largest absolute Gasteiger partial charge is 0.325 e. The summed E-state index contributed by atoms with van der Waals surface area (Å²) in [5, 5.41) is 0. The maximum Gasteiger partial charge on any atom is 0.129 e. The molecule has 0 amide bonds. The molecule has 0 saturated heterocycles. The Hall–Kier alpha value is -0.360. The van der Waals surface area contributed by atoms with E-state index >= 15 is 0 Å². The third-order valence-electron chi connectivity index (χ3n) is 1.39. The predicted octanol–water partition coefficient (Wildman–Crippen LogP) is 2.11. The normalized spacial score (nSPS) is 10.0. The van der Waals surface area contributed by atoms with E-state index in [-0.39, 0.29) is 0 Å². The second-order valence-corrected chi connectivity index (χ2v) is 2.57. The van der Waals surface area contributed by atoms with Crippen LogP contribution in [0.1, 0.15) is 25.2 Å². The van der Waals surface area contributed by atoms with E-state index in [4.69, 9.17) is 0 Å². The average molecular weight is 142 g/mol. The maximum atomic E-state index is 4.25. The van der Waals surface area contributed by atoms with Gasteiger partial charge in [0, 0.05) is 5.69 Å². The smallest absolute Gasteiger partial charge is 0.129 e. The van der Waals surface area contributed by atoms with E-state index in [0.29, 0.717) is 0 Å². The lowest BCUT2D eigenvalue weighted by molar-refractivity contribution is 0.979. The van der Waals surface area contributed by atoms with Crippen molar-refractivity contribution in [2.45, 2.75) is 26.7 Å². The Morgan fingerprint density at radius 1 is 1.44 bits per heavy atom. The number of nitrogens with zero attached hydrogens (tertiary/aromatic N) is 1. The maximum absolute atomic E-state index is 4.25. The standard InChI is InChI=1S/C6H11N2P/c1-3-5-6(4-2)8-9-7-5/h3-4H2,1-2H3,(H,7,8). The molecular weight excluding hydrogens is 131 g/mol. The van der Waals surface area contributed by atoms with Gasteiger partial charge in [-0.05, 0) is 12.8 Å². The molecule has 1 aromatic rings. The van der Waals surface area contributed by atoms with Crippen LogP contribution < -0.4 is 0 Å². The average Bonchev–Trinajstić information content (AvgIpc) is 2.33. The number of aryl methyl sites for hydroxylation is 2. The van der Waals surface area contributed by atoms with Crippen LogP contribution in [-0.4, -0.2) is 9.49 Å². The Kier molecular flexibility index (Phi) is 2.23. The Morgan fingerprint density at radius 2 is 2.22 bits per heavy atom. The number of H-pyrrole nitrogens is 1. The van der Waals surface area contributed by atoms with Gasteiger partial charge in [-0.1, -0.05) is 13.8 Å². The van der Waals surface area contributed by atoms with E-state index in [9.17, 15) is 0 Å². The van der Waals surface area contributed by atoms with Crippen LogP contribution >= 0.6 is 8.51 Å². The van der Waals surface area contributed by atoms with Gasteiger partial charge in [0.05, 0.1) is 5.69 Å². The van der Waals surface area contributed by atoms with E-state index in [1.807, 2.05) is 0 Å². The van der Waals surface area contributed by atoms with Crippen LogP contribution in [0.15, 0.2) is 0 Å². The van der Waals surface area contributed by atoms with Crippen LogP contribution in [0.5, 0.6) is 0 Å². The quantitative estimate of drug-likeness (QED) is 0.673. The van der Waals surface area contributed by atoms with E-state index < -0.39 is 0 Å². The highest BCUT2D eigenvalue weighted by atomic mass is 31.1. The van der Waals surface area contributed by atoms with Crippen molar-refractivity contribution in [2.24, 2.45) is 0 Å². The summed E-state index contributed by atoms with van der Waals surface area (Å²) in [6.07, 6.45) is 2.14. The summed E-state index contributed by atoms with van der Waals surface area (Å²) in [5.41, 5.74) is 2.57. The first kappa shape index (κ1) is 6.76. The van der Waals surface area contributed by atoms with Gasteiger partial charge in [0.25, 0.3) is 0 Å². The molecule has 9 heavy (non-hydrogen) atoms. The van der Waals surface area contributed by atoms with Crippen LogP contribution in [0.3, 0.4) is 0 Å². The van der Waals surface area contributed by atoms with Gasteiger partial charge in [-0.25, -0.2) is 4.75 Å². The number of aromatic nitrogens is 2. The van der Waals surface area contributed by atoms with Crippen molar-refractivity contribution in [1.82, 2.24) is 9.49 Å². The molecule has 0 saturated carbocycles. The SMILES string of the molecule is CCc1np[nH]c1CC. The summed E-state index contributed by atoms with van der Waals surface area (Å²) >= 11 is 0. The Morgan fingerprint density at radius 3 is 2.67 bits per heavy atom. The van der Waals surface area contributed by atoms with Gasteiger partial charge in [-0.15, -0.1) is 0 Å². The van der Waals surface area contributed by atoms with Crippen LogP contribution in [0.4, 0.5) is 0 Å². The Balaban J connectivity index is 2.85. The summed E-state index contributed by atoms with van der Waals surface area (Å²) < 4.78 is 7.44. The molecule has 0 atom stereocenters. The molecule has 2 nitrogen and oxygen atoms in total. The topological polar surface area (TPSA) is 28.7 Å². The molecule has 0 fully saturated rings. The highest BCUT2D eigenvalue weighted by Gasteiger charge is 1.98. The molecule has 1 aromatic heterocycles. The zero-order valence-electron chi connectivity index (χ0n) is 5.81. The summed E-state index contributed by atoms with van der Waals surface area (Å²) in [7, 11) is 1.01. The molecule has 0 aliphatic carbocycles. The number of aromatic amines is 1. The zero-order valence-corrected chi connectivity index (χ0v) is 6.70. The van der Waals surface area contributed by atoms with Crippen LogP contribution in [0.2, 0.25) is 0 Å². The lowest BCUT2D eigenvalue weighted by Gasteiger charge is -1.91. The first-order valence-corrected chi connectivity index (χ1v) is 4.12. The molecule has 0 bridgehead atoms. The van der Waals surface area contributed by atoms with Crippen molar-refractivity contribution in [3.8, 4) is 0 Å². The third-order valence-corrected chi connectivity index (χ3v) is 2.10. The fraction of sp³-hybridized carbons (Fsp3) is 0.667. The molecule has 1 N–H and O–H groups in total. The van der Waals surface area contributed by atoms with Gasteiger partial charge < -0.3 is 4.75 Å². The minimum Gasteiger partial charge on any atom is -0.325 e. The van der Waals surface area contributed by atoms with E-state index in [1.165, 1.54) is 11.4 Å². The molecule has 0 unspecified atom stereocenters. The predicted molar refractivity (Wildman–Crippen MR) is 39.9 cm³/mol. The Labute approximate surface area is 56.9 Å². The number of nitrogens with one attached hydrogen (secondary N) is 1. The van der Waals surface area contributed by atoms with Gasteiger partial charge in [-0.2, -0.15) is 0 Å². The fourth-order valence-corrected chi connectivity index (χ4v) is 1.68. The molecule has 0 radical (unpaired) electrons. The van der Waals surface area contributed by atoms with E-state index in [0.717, 1.165) is 21.4 Å². The van der Waals surface area contributed by atoms with Crippen molar-refractivity contribution >= 4 is 8.51 Å². The van der Waals surface area contributed by atoms with Crippen LogP contribution in [0.25, 0.3) is 0 Å². The zero-order chi connectivity index (χ0) is 6.69. The van der Waals surface area contributed by atoms with Gasteiger partial charge in [0.2, 0.25) is 0 Å². The second kappa shape index (κ2) is 2.98. The summed E-state index contributed by atoms with van der Waals surface area (Å²) in [5.74, 6) is 0. The summed E-state index contributed by atoms with van der Waals surface area (Å²) in [4.78, 5) is 0. The first-order chi connectivity index (χ1) is 4.38. The summed E-state index contributed by atoms with van der Waals surface area (Å²) in [6, 6.07) is 0. The third kappa shape index (κ3) is 1.31. The Bertz CT molecular complexity index is 164. The molecule has 50 valence electrons. The van der Waals surface area contributed by atoms with Gasteiger partial charge >= 0.3 is 0 Å². The monoisotopic (exact) mass is 142 g/mol. The molecule has 1 rings (SSSR count). The van der Waals surface area contributed by atoms with Crippen LogP contribution in [0, 0.1) is 0 Å². The minimum absolute atomic E-state index is 1.01. The van der Waals surface area contributed by atoms with Crippen molar-refractivity contribution < 1.29 is 0 Å². The van der Waals surface area contributed by atoms with Gasteiger partial charge in [-0.3, -0.25) is 0 Å². The highest BCUT2D eigenvalue weighted by molar-refractivity contribution is 7.20. The molecule has 0 aromatic carbocycles. The molecular formula is C6H11N2P. The minimum atomic E-state index is 1.01. The highest BCUT2D eigenvalue weighted by Crippen LogP contribution is 2.09. The molecule has 0 spiro atoms. The number of rotatable bonds is 2. The molecule has 1 heterocycles. The molecule has 0 aliphatic rings. The summed E-state index contributed by atoms with van der Waals surface area (Å²) in [6.45, 7) is 4.28. The first-order valence-electron chi connectivity index (χ1n) is 3.27. The van der Waals surface area contributed by atoms with Crippen molar-refractivity contribution in [1.29, 1.82) is 0 Å². The number of hydrogen-bond donors (Lipinski definition) is 1. The lowest BCUT2D eigenvalue weighted by Crippen LogP contribution is -1.87. The fourth-order valence-electron chi connectivity index (χ4n) is 0.838. The second-order valence-electron chi connectivity index (χ2n) is 1.94. The van der Waals surface area contributed by atoms with Crippen molar-refractivity contribution in [2.75, 3.05) is 0 Å². The molecule has 0 aliphatic heterocycles. The van der Waals surface area contributed by atoms with E-state index in [1.54, 1.807) is 0 Å². The van der Waals surface area contributed by atoms with E-state index in [2.05, 4.69) is 23.3 Å².